The maximum absolute atomic E-state index is 12.0. The zero-order valence-electron chi connectivity index (χ0n) is 30.1. The molecule has 17 heteroatoms. The Morgan fingerprint density at radius 1 is 1.02 bits per heavy atom. The fourth-order valence-electron chi connectivity index (χ4n) is 5.92. The van der Waals surface area contributed by atoms with Gasteiger partial charge >= 0.3 is 11.9 Å². The Hall–Kier alpha value is -4.00. The predicted octanol–water partition coefficient (Wildman–Crippen LogP) is 1.56. The van der Waals surface area contributed by atoms with Crippen LogP contribution in [0.4, 0.5) is 11.8 Å². The van der Waals surface area contributed by atoms with Gasteiger partial charge in [-0.3, -0.25) is 19.4 Å². The first-order valence-corrected chi connectivity index (χ1v) is 18.8. The molecule has 4 rings (SSSR count). The number of carbonyl (C=O) groups is 3. The number of carboxylic acids is 2. The lowest BCUT2D eigenvalue weighted by Gasteiger charge is -2.34. The lowest BCUT2D eigenvalue weighted by molar-refractivity contribution is -0.148. The van der Waals surface area contributed by atoms with E-state index in [-0.39, 0.29) is 18.2 Å². The van der Waals surface area contributed by atoms with Crippen molar-refractivity contribution >= 4 is 52.3 Å². The first-order valence-electron chi connectivity index (χ1n) is 17.7. The molecular weight excluding hydrogens is 691 g/mol. The highest BCUT2D eigenvalue weighted by Gasteiger charge is 2.27. The number of benzene rings is 1. The number of anilines is 2. The standard InChI is InChI=1S/C35H53N9O7S/c1-3-4-5-9-39-32-30-27(40-35(37)41-32)8-11-44(30)22-25-7-6-24(19-28(25)50-2)21-43-14-12-42(13-15-43)16-18-51-17-10-38-20-29(31(45)34(48)49)52-23-26(36)33(46)47/h6-8,11,19,26,29,38H,3-5,9-10,12-18,20-23,36H2,1-2H3,(H,46,47)(H,48,49)(H3,37,39,40,41)/t26-,29+/m0/s1. The van der Waals surface area contributed by atoms with Gasteiger partial charge < -0.3 is 46.4 Å². The first-order chi connectivity index (χ1) is 25.1. The summed E-state index contributed by atoms with van der Waals surface area (Å²) in [7, 11) is 1.70. The van der Waals surface area contributed by atoms with Crippen LogP contribution in [0.1, 0.15) is 37.3 Å². The summed E-state index contributed by atoms with van der Waals surface area (Å²) in [6.07, 6.45) is 5.37. The van der Waals surface area contributed by atoms with Crippen molar-refractivity contribution in [2.45, 2.75) is 50.6 Å². The van der Waals surface area contributed by atoms with E-state index in [1.807, 2.05) is 12.3 Å². The SMILES string of the molecule is CCCCCNc1nc(N)nc2ccn(Cc3ccc(CN4CCN(CCOCCNC[C@@H](SC[C@H](N)C(=O)O)C(=O)C(=O)O)CC4)cc3OC)c12. The molecule has 2 aromatic heterocycles. The number of carbonyl (C=O) groups excluding carboxylic acids is 1. The third-order valence-corrected chi connectivity index (χ3v) is 10.2. The molecule has 286 valence electrons. The number of Topliss-reactive ketones (excluding diaryl/α,β-unsaturated/α-hetero) is 1. The normalized spacial score (nSPS) is 15.1. The average molecular weight is 744 g/mol. The number of methoxy groups -OCH3 is 1. The Morgan fingerprint density at radius 3 is 2.50 bits per heavy atom. The van der Waals surface area contributed by atoms with Crippen LogP contribution >= 0.6 is 11.8 Å². The van der Waals surface area contributed by atoms with Crippen molar-refractivity contribution in [3.05, 3.63) is 41.6 Å². The zero-order valence-corrected chi connectivity index (χ0v) is 30.9. The van der Waals surface area contributed by atoms with Crippen LogP contribution in [-0.4, -0.2) is 142 Å². The Bertz CT molecular complexity index is 1620. The van der Waals surface area contributed by atoms with E-state index in [1.54, 1.807) is 7.11 Å². The van der Waals surface area contributed by atoms with Crippen molar-refractivity contribution in [1.82, 2.24) is 29.7 Å². The van der Waals surface area contributed by atoms with Gasteiger partial charge in [-0.25, -0.2) is 9.78 Å². The van der Waals surface area contributed by atoms with E-state index < -0.39 is 29.0 Å². The number of fused-ring (bicyclic) bond motifs is 1. The smallest absolute Gasteiger partial charge is 0.373 e. The van der Waals surface area contributed by atoms with Gasteiger partial charge in [-0.1, -0.05) is 31.9 Å². The van der Waals surface area contributed by atoms with Crippen LogP contribution in [0.15, 0.2) is 30.5 Å². The topological polar surface area (TPSA) is 223 Å². The lowest BCUT2D eigenvalue weighted by Crippen LogP contribution is -2.46. The third-order valence-electron chi connectivity index (χ3n) is 8.87. The van der Waals surface area contributed by atoms with Gasteiger partial charge in [0.25, 0.3) is 5.78 Å². The quantitative estimate of drug-likeness (QED) is 0.0566. The molecule has 3 aromatic rings. The van der Waals surface area contributed by atoms with E-state index >= 15 is 0 Å². The minimum Gasteiger partial charge on any atom is -0.496 e. The van der Waals surface area contributed by atoms with E-state index in [4.69, 9.17) is 31.2 Å². The van der Waals surface area contributed by atoms with Gasteiger partial charge in [0.05, 0.1) is 37.6 Å². The maximum Gasteiger partial charge on any atom is 0.373 e. The number of hydrogen-bond donors (Lipinski definition) is 6. The molecule has 0 amide bonds. The second kappa shape index (κ2) is 20.9. The highest BCUT2D eigenvalue weighted by molar-refractivity contribution is 8.00. The van der Waals surface area contributed by atoms with Crippen molar-refractivity contribution in [3.8, 4) is 5.75 Å². The van der Waals surface area contributed by atoms with Crippen molar-refractivity contribution in [3.63, 3.8) is 0 Å². The maximum atomic E-state index is 12.0. The van der Waals surface area contributed by atoms with Crippen molar-refractivity contribution in [2.75, 3.05) is 89.5 Å². The zero-order chi connectivity index (χ0) is 37.5. The van der Waals surface area contributed by atoms with Crippen LogP contribution in [0.3, 0.4) is 0 Å². The predicted molar refractivity (Wildman–Crippen MR) is 202 cm³/mol. The number of nitrogens with two attached hydrogens (primary N) is 2. The van der Waals surface area contributed by atoms with Crippen molar-refractivity contribution < 1.29 is 34.1 Å². The van der Waals surface area contributed by atoms with E-state index in [9.17, 15) is 14.4 Å². The molecule has 16 nitrogen and oxygen atoms in total. The summed E-state index contributed by atoms with van der Waals surface area (Å²) in [5.41, 5.74) is 15.5. The number of ether oxygens (including phenoxy) is 2. The van der Waals surface area contributed by atoms with Crippen LogP contribution in [0.5, 0.6) is 5.75 Å². The van der Waals surface area contributed by atoms with Crippen LogP contribution in [-0.2, 0) is 32.2 Å². The highest BCUT2D eigenvalue weighted by atomic mass is 32.2. The monoisotopic (exact) mass is 743 g/mol. The number of aliphatic carboxylic acids is 2. The summed E-state index contributed by atoms with van der Waals surface area (Å²) >= 11 is 0.922. The molecule has 0 spiro atoms. The summed E-state index contributed by atoms with van der Waals surface area (Å²) in [4.78, 5) is 47.8. The van der Waals surface area contributed by atoms with Crippen molar-refractivity contribution in [1.29, 1.82) is 0 Å². The van der Waals surface area contributed by atoms with Gasteiger partial charge in [0.1, 0.15) is 17.3 Å². The number of unbranched alkanes of at least 4 members (excludes halogenated alkanes) is 2. The summed E-state index contributed by atoms with van der Waals surface area (Å²) in [5.74, 6) is -1.98. The Labute approximate surface area is 308 Å². The highest BCUT2D eigenvalue weighted by Crippen LogP contribution is 2.27. The van der Waals surface area contributed by atoms with E-state index in [1.165, 1.54) is 5.56 Å². The molecular formula is C35H53N9O7S. The van der Waals surface area contributed by atoms with Gasteiger partial charge in [0, 0.05) is 76.4 Å². The minimum atomic E-state index is -1.56. The number of nitrogens with one attached hydrogen (secondary N) is 2. The molecule has 0 bridgehead atoms. The number of carboxylic acid groups (broad SMARTS) is 2. The number of hydrogen-bond acceptors (Lipinski definition) is 14. The molecule has 0 radical (unpaired) electrons. The fraction of sp³-hybridized carbons (Fsp3) is 0.571. The number of nitrogen functional groups attached to an aromatic ring is 1. The Morgan fingerprint density at radius 2 is 1.79 bits per heavy atom. The molecule has 1 saturated heterocycles. The van der Waals surface area contributed by atoms with Gasteiger partial charge in [0.15, 0.2) is 5.82 Å². The molecule has 3 heterocycles. The number of nitrogens with zero attached hydrogens (tertiary/aromatic N) is 5. The van der Waals surface area contributed by atoms with Crippen LogP contribution < -0.4 is 26.8 Å². The van der Waals surface area contributed by atoms with Crippen LogP contribution in [0.25, 0.3) is 11.0 Å². The summed E-state index contributed by atoms with van der Waals surface area (Å²) < 4.78 is 13.7. The minimum absolute atomic E-state index is 0.0662. The van der Waals surface area contributed by atoms with Gasteiger partial charge in [0.2, 0.25) is 5.95 Å². The summed E-state index contributed by atoms with van der Waals surface area (Å²) in [6.45, 7) is 10.4. The van der Waals surface area contributed by atoms with Gasteiger partial charge in [-0.05, 0) is 24.1 Å². The van der Waals surface area contributed by atoms with E-state index in [2.05, 4.69) is 60.1 Å². The number of aromatic nitrogens is 3. The molecule has 1 fully saturated rings. The molecule has 0 unspecified atom stereocenters. The van der Waals surface area contributed by atoms with Gasteiger partial charge in [-0.2, -0.15) is 4.98 Å². The lowest BCUT2D eigenvalue weighted by atomic mass is 10.1. The fourth-order valence-corrected chi connectivity index (χ4v) is 6.99. The van der Waals surface area contributed by atoms with Gasteiger partial charge in [-0.15, -0.1) is 11.8 Å². The molecule has 0 aliphatic carbocycles. The third kappa shape index (κ3) is 12.3. The molecule has 1 aliphatic rings. The largest absolute Gasteiger partial charge is 0.496 e. The number of piperazine rings is 1. The molecule has 1 aromatic carbocycles. The molecule has 1 aliphatic heterocycles. The summed E-state index contributed by atoms with van der Waals surface area (Å²) in [5, 5.41) is 23.6. The number of ketones is 1. The number of thioether (sulfide) groups is 1. The molecule has 2 atom stereocenters. The second-order valence-corrected chi connectivity index (χ2v) is 14.0. The van der Waals surface area contributed by atoms with Crippen LogP contribution in [0, 0.1) is 0 Å². The molecule has 0 saturated carbocycles. The second-order valence-electron chi connectivity index (χ2n) is 12.8. The average Bonchev–Trinajstić information content (AvgIpc) is 3.53. The first kappa shape index (κ1) is 40.8. The Kier molecular flexibility index (Phi) is 16.4. The number of rotatable bonds is 24. The Balaban J connectivity index is 1.18. The summed E-state index contributed by atoms with van der Waals surface area (Å²) in [6, 6.07) is 7.21. The van der Waals surface area contributed by atoms with Crippen LogP contribution in [0.2, 0.25) is 0 Å². The molecule has 52 heavy (non-hydrogen) atoms. The van der Waals surface area contributed by atoms with Crippen molar-refractivity contribution in [2.24, 2.45) is 5.73 Å². The van der Waals surface area contributed by atoms with E-state index in [0.29, 0.717) is 26.3 Å². The molecule has 8 N–H and O–H groups in total. The van der Waals surface area contributed by atoms with E-state index in [0.717, 1.165) is 105 Å².